The number of rotatable bonds is 15. The summed E-state index contributed by atoms with van der Waals surface area (Å²) in [5.41, 5.74) is 1.90. The second-order valence-corrected chi connectivity index (χ2v) is 11.0. The molecule has 1 unspecified atom stereocenters. The van der Waals surface area contributed by atoms with E-state index in [9.17, 15) is 19.2 Å². The Labute approximate surface area is 248 Å². The Balaban J connectivity index is 1.72. The molecule has 0 aliphatic carbocycles. The van der Waals surface area contributed by atoms with Crippen molar-refractivity contribution in [3.05, 3.63) is 71.8 Å². The van der Waals surface area contributed by atoms with Gasteiger partial charge in [-0.05, 0) is 36.3 Å². The van der Waals surface area contributed by atoms with Crippen LogP contribution in [0, 0.1) is 5.92 Å². The Morgan fingerprint density at radius 1 is 0.810 bits per heavy atom. The zero-order chi connectivity index (χ0) is 30.3. The summed E-state index contributed by atoms with van der Waals surface area (Å²) in [7, 11) is 1.27. The van der Waals surface area contributed by atoms with Crippen molar-refractivity contribution in [2.45, 2.75) is 57.7 Å². The minimum Gasteiger partial charge on any atom is -0.467 e. The van der Waals surface area contributed by atoms with Crippen molar-refractivity contribution in [1.29, 1.82) is 0 Å². The van der Waals surface area contributed by atoms with Crippen LogP contribution in [0.4, 0.5) is 0 Å². The van der Waals surface area contributed by atoms with E-state index in [0.717, 1.165) is 11.1 Å². The van der Waals surface area contributed by atoms with Crippen LogP contribution in [0.3, 0.4) is 0 Å². The van der Waals surface area contributed by atoms with Crippen molar-refractivity contribution in [1.82, 2.24) is 20.9 Å². The molecule has 2 aromatic rings. The van der Waals surface area contributed by atoms with Crippen molar-refractivity contribution in [3.63, 3.8) is 0 Å². The van der Waals surface area contributed by atoms with E-state index in [0.29, 0.717) is 45.6 Å². The van der Waals surface area contributed by atoms with Crippen LogP contribution >= 0.6 is 0 Å². The fraction of sp³-hybridized carbons (Fsp3) is 0.500. The van der Waals surface area contributed by atoms with Crippen LogP contribution in [0.1, 0.15) is 37.8 Å². The quantitative estimate of drug-likeness (QED) is 0.275. The van der Waals surface area contributed by atoms with Crippen molar-refractivity contribution < 1.29 is 28.7 Å². The van der Waals surface area contributed by atoms with Gasteiger partial charge in [-0.3, -0.25) is 19.3 Å². The highest BCUT2D eigenvalue weighted by Crippen LogP contribution is 2.11. The van der Waals surface area contributed by atoms with Gasteiger partial charge in [0.05, 0.1) is 26.9 Å². The summed E-state index contributed by atoms with van der Waals surface area (Å²) < 4.78 is 10.3. The number of carbonyl (C=O) groups is 4. The molecule has 3 amide bonds. The molecule has 10 heteroatoms. The highest BCUT2D eigenvalue weighted by atomic mass is 16.5. The molecule has 3 N–H and O–H groups in total. The van der Waals surface area contributed by atoms with E-state index in [1.807, 2.05) is 79.4 Å². The number of morpholine rings is 1. The minimum atomic E-state index is -0.918. The monoisotopic (exact) mass is 580 g/mol. The molecule has 0 saturated carbocycles. The van der Waals surface area contributed by atoms with Gasteiger partial charge in [-0.1, -0.05) is 74.5 Å². The van der Waals surface area contributed by atoms with Crippen molar-refractivity contribution in [3.8, 4) is 0 Å². The van der Waals surface area contributed by atoms with Gasteiger partial charge in [0.25, 0.3) is 0 Å². The minimum absolute atomic E-state index is 0.0745. The zero-order valence-corrected chi connectivity index (χ0v) is 24.8. The van der Waals surface area contributed by atoms with Gasteiger partial charge in [0.2, 0.25) is 17.7 Å². The van der Waals surface area contributed by atoms with Gasteiger partial charge in [-0.2, -0.15) is 0 Å². The average molecular weight is 581 g/mol. The van der Waals surface area contributed by atoms with Gasteiger partial charge in [-0.15, -0.1) is 0 Å². The number of nitrogens with one attached hydrogen (secondary N) is 3. The third-order valence-electron chi connectivity index (χ3n) is 7.11. The van der Waals surface area contributed by atoms with Crippen molar-refractivity contribution >= 4 is 23.7 Å². The highest BCUT2D eigenvalue weighted by molar-refractivity contribution is 5.93. The van der Waals surface area contributed by atoms with Gasteiger partial charge in [0, 0.05) is 19.5 Å². The number of amides is 3. The Kier molecular flexibility index (Phi) is 13.5. The third-order valence-corrected chi connectivity index (χ3v) is 7.11. The average Bonchev–Trinajstić information content (AvgIpc) is 2.99. The number of ether oxygens (including phenoxy) is 2. The normalized spacial score (nSPS) is 15.7. The lowest BCUT2D eigenvalue weighted by molar-refractivity contribution is -0.145. The van der Waals surface area contributed by atoms with E-state index in [1.165, 1.54) is 7.11 Å². The highest BCUT2D eigenvalue weighted by Gasteiger charge is 2.31. The van der Waals surface area contributed by atoms with E-state index < -0.39 is 35.9 Å². The van der Waals surface area contributed by atoms with Crippen LogP contribution in [-0.2, 0) is 41.5 Å². The summed E-state index contributed by atoms with van der Waals surface area (Å²) in [6, 6.07) is 16.4. The second-order valence-electron chi connectivity index (χ2n) is 11.0. The molecule has 228 valence electrons. The number of esters is 1. The smallest absolute Gasteiger partial charge is 0.328 e. The van der Waals surface area contributed by atoms with Gasteiger partial charge < -0.3 is 25.4 Å². The standard InChI is InChI=1S/C32H44N4O6/c1-23(2)20-27(31(39)35-28(32(40)41-3)21-25-12-8-5-9-13-25)34-30(38)26(15-14-24-10-6-4-7-11-24)33-29(37)22-36-16-18-42-19-17-36/h4-13,23,26-28H,14-22H2,1-3H3,(H,33,37)(H,34,38)(H,35,39)/t26-,27?,28-/m0/s1. The molecule has 2 aromatic carbocycles. The largest absolute Gasteiger partial charge is 0.467 e. The molecule has 1 fully saturated rings. The molecule has 1 saturated heterocycles. The van der Waals surface area contributed by atoms with Gasteiger partial charge in [0.15, 0.2) is 0 Å². The molecule has 10 nitrogen and oxygen atoms in total. The van der Waals surface area contributed by atoms with E-state index >= 15 is 0 Å². The van der Waals surface area contributed by atoms with E-state index in [2.05, 4.69) is 16.0 Å². The molecule has 1 aliphatic rings. The summed E-state index contributed by atoms with van der Waals surface area (Å²) in [4.78, 5) is 54.6. The predicted molar refractivity (Wildman–Crippen MR) is 159 cm³/mol. The number of hydrogen-bond donors (Lipinski definition) is 3. The van der Waals surface area contributed by atoms with Crippen LogP contribution < -0.4 is 16.0 Å². The summed E-state index contributed by atoms with van der Waals surface area (Å²) in [5.74, 6) is -1.68. The molecule has 1 aliphatic heterocycles. The number of aryl methyl sites for hydroxylation is 1. The van der Waals surface area contributed by atoms with Crippen molar-refractivity contribution in [2.24, 2.45) is 5.92 Å². The molecule has 0 aromatic heterocycles. The summed E-state index contributed by atoms with van der Waals surface area (Å²) in [6.07, 6.45) is 1.53. The van der Waals surface area contributed by atoms with Crippen molar-refractivity contribution in [2.75, 3.05) is 40.0 Å². The fourth-order valence-electron chi connectivity index (χ4n) is 4.86. The number of nitrogens with zero attached hydrogens (tertiary/aromatic N) is 1. The summed E-state index contributed by atoms with van der Waals surface area (Å²) in [6.45, 7) is 6.48. The van der Waals surface area contributed by atoms with Gasteiger partial charge in [0.1, 0.15) is 18.1 Å². The molecule has 0 spiro atoms. The Hall–Kier alpha value is -3.76. The van der Waals surface area contributed by atoms with Crippen LogP contribution in [0.2, 0.25) is 0 Å². The maximum absolute atomic E-state index is 13.6. The Morgan fingerprint density at radius 2 is 1.38 bits per heavy atom. The SMILES string of the molecule is COC(=O)[C@H](Cc1ccccc1)NC(=O)C(CC(C)C)NC(=O)[C@H](CCc1ccccc1)NC(=O)CN1CCOCC1. The third kappa shape index (κ3) is 11.3. The molecular weight excluding hydrogens is 536 g/mol. The van der Waals surface area contributed by atoms with E-state index in [-0.39, 0.29) is 24.8 Å². The lowest BCUT2D eigenvalue weighted by Gasteiger charge is -2.28. The van der Waals surface area contributed by atoms with Gasteiger partial charge in [-0.25, -0.2) is 4.79 Å². The number of benzene rings is 2. The molecule has 0 radical (unpaired) electrons. The first-order valence-electron chi connectivity index (χ1n) is 14.6. The van der Waals surface area contributed by atoms with Crippen LogP contribution in [0.25, 0.3) is 0 Å². The summed E-state index contributed by atoms with van der Waals surface area (Å²) in [5, 5.41) is 8.55. The Bertz CT molecular complexity index is 1140. The maximum atomic E-state index is 13.6. The van der Waals surface area contributed by atoms with E-state index in [1.54, 1.807) is 0 Å². The first-order valence-corrected chi connectivity index (χ1v) is 14.6. The molecular formula is C32H44N4O6. The molecule has 3 rings (SSSR count). The predicted octanol–water partition coefficient (Wildman–Crippen LogP) is 1.87. The van der Waals surface area contributed by atoms with Crippen LogP contribution in [-0.4, -0.2) is 86.7 Å². The number of hydrogen-bond acceptors (Lipinski definition) is 7. The lowest BCUT2D eigenvalue weighted by atomic mass is 10.00. The van der Waals surface area contributed by atoms with Crippen LogP contribution in [0.15, 0.2) is 60.7 Å². The Morgan fingerprint density at radius 3 is 1.98 bits per heavy atom. The van der Waals surface area contributed by atoms with E-state index in [4.69, 9.17) is 9.47 Å². The molecule has 1 heterocycles. The first kappa shape index (κ1) is 32.8. The lowest BCUT2D eigenvalue weighted by Crippen LogP contribution is -2.57. The second kappa shape index (κ2) is 17.3. The van der Waals surface area contributed by atoms with Crippen LogP contribution in [0.5, 0.6) is 0 Å². The topological polar surface area (TPSA) is 126 Å². The number of carbonyl (C=O) groups excluding carboxylic acids is 4. The summed E-state index contributed by atoms with van der Waals surface area (Å²) >= 11 is 0. The first-order chi connectivity index (χ1) is 20.2. The molecule has 42 heavy (non-hydrogen) atoms. The number of methoxy groups -OCH3 is 1. The molecule has 0 bridgehead atoms. The zero-order valence-electron chi connectivity index (χ0n) is 24.8. The van der Waals surface area contributed by atoms with Gasteiger partial charge >= 0.3 is 5.97 Å². The fourth-order valence-corrected chi connectivity index (χ4v) is 4.86. The molecule has 3 atom stereocenters. The maximum Gasteiger partial charge on any atom is 0.328 e.